The van der Waals surface area contributed by atoms with E-state index in [9.17, 15) is 13.2 Å². The van der Waals surface area contributed by atoms with Crippen molar-refractivity contribution < 1.29 is 17.9 Å². The van der Waals surface area contributed by atoms with Gasteiger partial charge in [-0.3, -0.25) is 4.79 Å². The third-order valence-corrected chi connectivity index (χ3v) is 10.3. The summed E-state index contributed by atoms with van der Waals surface area (Å²) in [6, 6.07) is 10.6. The van der Waals surface area contributed by atoms with Crippen LogP contribution >= 0.6 is 11.3 Å². The Balaban J connectivity index is 1.29. The molecule has 38 heavy (non-hydrogen) atoms. The van der Waals surface area contributed by atoms with E-state index in [1.807, 2.05) is 18.2 Å². The predicted octanol–water partition coefficient (Wildman–Crippen LogP) is 5.66. The van der Waals surface area contributed by atoms with E-state index in [1.54, 1.807) is 25.3 Å². The molecule has 1 aromatic carbocycles. The van der Waals surface area contributed by atoms with Crippen LogP contribution in [-0.2, 0) is 14.8 Å². The molecule has 0 spiro atoms. The number of aromatic nitrogens is 2. The van der Waals surface area contributed by atoms with E-state index in [1.165, 1.54) is 30.6 Å². The van der Waals surface area contributed by atoms with E-state index in [4.69, 9.17) is 4.74 Å². The zero-order valence-corrected chi connectivity index (χ0v) is 23.5. The molecule has 2 aromatic heterocycles. The van der Waals surface area contributed by atoms with E-state index in [2.05, 4.69) is 20.0 Å². The number of anilines is 1. The van der Waals surface area contributed by atoms with Gasteiger partial charge in [-0.2, -0.15) is 0 Å². The predicted molar refractivity (Wildman–Crippen MR) is 150 cm³/mol. The van der Waals surface area contributed by atoms with Gasteiger partial charge in [-0.1, -0.05) is 68.4 Å². The number of fused-ring (bicyclic) bond motifs is 1. The number of sulfonamides is 1. The summed E-state index contributed by atoms with van der Waals surface area (Å²) in [5, 5.41) is 3.84. The minimum Gasteiger partial charge on any atom is -0.481 e. The fourth-order valence-electron chi connectivity index (χ4n) is 5.70. The van der Waals surface area contributed by atoms with Crippen molar-refractivity contribution in [3.8, 4) is 5.88 Å². The second-order valence-corrected chi connectivity index (χ2v) is 13.2. The van der Waals surface area contributed by atoms with Crippen molar-refractivity contribution in [1.29, 1.82) is 0 Å². The number of methoxy groups -OCH3 is 1. The zero-order chi connectivity index (χ0) is 26.5. The average Bonchev–Trinajstić information content (AvgIpc) is 3.60. The number of benzene rings is 1. The Morgan fingerprint density at radius 3 is 2.42 bits per heavy atom. The van der Waals surface area contributed by atoms with Crippen LogP contribution in [0.2, 0.25) is 0 Å². The summed E-state index contributed by atoms with van der Waals surface area (Å²) < 4.78 is 34.0. The van der Waals surface area contributed by atoms with Crippen LogP contribution < -0.4 is 14.8 Å². The van der Waals surface area contributed by atoms with E-state index >= 15 is 0 Å². The second-order valence-electron chi connectivity index (χ2n) is 10.5. The van der Waals surface area contributed by atoms with Crippen molar-refractivity contribution in [2.24, 2.45) is 5.92 Å². The number of nitrogens with zero attached hydrogens (tertiary/aromatic N) is 2. The Bertz CT molecular complexity index is 1340. The number of hydrogen-bond acceptors (Lipinski definition) is 8. The number of rotatable bonds is 11. The third-order valence-electron chi connectivity index (χ3n) is 7.81. The largest absolute Gasteiger partial charge is 0.481 e. The highest BCUT2D eigenvalue weighted by molar-refractivity contribution is 7.89. The summed E-state index contributed by atoms with van der Waals surface area (Å²) in [4.78, 5) is 23.5. The van der Waals surface area contributed by atoms with Gasteiger partial charge >= 0.3 is 0 Å². The van der Waals surface area contributed by atoms with Crippen LogP contribution in [0.5, 0.6) is 5.88 Å². The van der Waals surface area contributed by atoms with Crippen LogP contribution in [0.25, 0.3) is 10.3 Å². The van der Waals surface area contributed by atoms with Gasteiger partial charge in [-0.05, 0) is 48.9 Å². The van der Waals surface area contributed by atoms with Crippen molar-refractivity contribution in [3.05, 3.63) is 42.0 Å². The summed E-state index contributed by atoms with van der Waals surface area (Å²) in [6.07, 6.45) is 10.5. The van der Waals surface area contributed by atoms with E-state index in [-0.39, 0.29) is 29.2 Å². The molecular weight excluding hydrogens is 520 g/mol. The van der Waals surface area contributed by atoms with Crippen molar-refractivity contribution >= 4 is 42.6 Å². The van der Waals surface area contributed by atoms with Gasteiger partial charge in [0.15, 0.2) is 10.9 Å². The molecule has 2 aliphatic carbocycles. The number of carbonyl (C=O) groups excluding carboxylic acids is 1. The lowest BCUT2D eigenvalue weighted by Gasteiger charge is -2.23. The number of ether oxygens (including phenoxy) is 1. The fraction of sp³-hybridized carbons (Fsp3) is 0.536. The van der Waals surface area contributed by atoms with E-state index in [0.29, 0.717) is 16.9 Å². The minimum atomic E-state index is -3.58. The molecule has 204 valence electrons. The molecule has 2 N–H and O–H groups in total. The summed E-state index contributed by atoms with van der Waals surface area (Å²) in [5.41, 5.74) is 1.63. The molecule has 0 bridgehead atoms. The first-order chi connectivity index (χ1) is 18.4. The molecule has 2 saturated carbocycles. The Morgan fingerprint density at radius 1 is 1.00 bits per heavy atom. The Labute approximate surface area is 228 Å². The van der Waals surface area contributed by atoms with E-state index < -0.39 is 10.0 Å². The number of thiazole rings is 1. The Hall–Kier alpha value is -2.56. The lowest BCUT2D eigenvalue weighted by atomic mass is 9.85. The number of carbonyl (C=O) groups is 1. The van der Waals surface area contributed by atoms with Gasteiger partial charge in [0.2, 0.25) is 15.9 Å². The van der Waals surface area contributed by atoms with Gasteiger partial charge in [0.05, 0.1) is 18.6 Å². The van der Waals surface area contributed by atoms with Gasteiger partial charge in [0.1, 0.15) is 10.3 Å². The first-order valence-electron chi connectivity index (χ1n) is 13.6. The molecule has 2 fully saturated rings. The van der Waals surface area contributed by atoms with Gasteiger partial charge in [0, 0.05) is 18.0 Å². The van der Waals surface area contributed by atoms with Crippen LogP contribution in [-0.4, -0.2) is 43.9 Å². The first kappa shape index (κ1) is 27.0. The number of nitrogens with one attached hydrogen (secondary N) is 2. The van der Waals surface area contributed by atoms with Gasteiger partial charge < -0.3 is 10.1 Å². The second kappa shape index (κ2) is 12.1. The lowest BCUT2D eigenvalue weighted by Crippen LogP contribution is -2.36. The van der Waals surface area contributed by atoms with Crippen molar-refractivity contribution in [3.63, 3.8) is 0 Å². The molecular formula is C28H36N4O4S2. The smallest absolute Gasteiger partial charge is 0.240 e. The molecule has 0 aliphatic heterocycles. The summed E-state index contributed by atoms with van der Waals surface area (Å²) in [5.74, 6) is 0.832. The third kappa shape index (κ3) is 6.52. The highest BCUT2D eigenvalue weighted by atomic mass is 32.2. The van der Waals surface area contributed by atoms with Crippen LogP contribution in [0.15, 0.2) is 41.3 Å². The Kier molecular flexibility index (Phi) is 8.60. The average molecular weight is 557 g/mol. The fourth-order valence-corrected chi connectivity index (χ4v) is 7.83. The van der Waals surface area contributed by atoms with Gasteiger partial charge in [-0.25, -0.2) is 23.1 Å². The first-order valence-corrected chi connectivity index (χ1v) is 15.9. The molecule has 3 aromatic rings. The monoisotopic (exact) mass is 556 g/mol. The number of Topliss-reactive ketones (excluding diaryl/α,β-unsaturated/α-hetero) is 1. The highest BCUT2D eigenvalue weighted by Crippen LogP contribution is 2.35. The number of ketones is 1. The molecule has 0 saturated heterocycles. The standard InChI is InChI=1S/C28H36N4O4S2/c1-36-26-16-15-24-27(31-26)37-28(30-24)29-18-25(33)23(17-19-7-5-6-8-19)20-11-13-22(14-12-20)38(34,35)32-21-9-3-2-4-10-21/h11-16,19,21,23,32H,2-10,17-18H2,1H3,(H,29,30). The maximum atomic E-state index is 13.5. The maximum absolute atomic E-state index is 13.5. The lowest BCUT2D eigenvalue weighted by molar-refractivity contribution is -0.119. The number of hydrogen-bond donors (Lipinski definition) is 2. The van der Waals surface area contributed by atoms with E-state index in [0.717, 1.165) is 60.9 Å². The van der Waals surface area contributed by atoms with Crippen LogP contribution in [0.1, 0.15) is 75.7 Å². The van der Waals surface area contributed by atoms with Gasteiger partial charge in [-0.15, -0.1) is 0 Å². The van der Waals surface area contributed by atoms with Crippen LogP contribution in [0.4, 0.5) is 5.13 Å². The van der Waals surface area contributed by atoms with Crippen molar-refractivity contribution in [2.75, 3.05) is 19.0 Å². The van der Waals surface area contributed by atoms with Gasteiger partial charge in [0.25, 0.3) is 0 Å². The molecule has 8 nitrogen and oxygen atoms in total. The van der Waals surface area contributed by atoms with Crippen LogP contribution in [0, 0.1) is 5.92 Å². The summed E-state index contributed by atoms with van der Waals surface area (Å²) in [6.45, 7) is 0.150. The molecule has 5 rings (SSSR count). The number of pyridine rings is 1. The molecule has 2 heterocycles. The summed E-state index contributed by atoms with van der Waals surface area (Å²) >= 11 is 1.39. The van der Waals surface area contributed by atoms with Crippen molar-refractivity contribution in [2.45, 2.75) is 81.1 Å². The van der Waals surface area contributed by atoms with Crippen molar-refractivity contribution in [1.82, 2.24) is 14.7 Å². The molecule has 2 aliphatic rings. The molecule has 10 heteroatoms. The molecule has 0 radical (unpaired) electrons. The highest BCUT2D eigenvalue weighted by Gasteiger charge is 2.28. The molecule has 1 atom stereocenters. The Morgan fingerprint density at radius 2 is 1.71 bits per heavy atom. The zero-order valence-electron chi connectivity index (χ0n) is 21.8. The quantitative estimate of drug-likeness (QED) is 0.314. The molecule has 1 unspecified atom stereocenters. The van der Waals surface area contributed by atoms with Crippen LogP contribution in [0.3, 0.4) is 0 Å². The SMILES string of the molecule is COc1ccc2nc(NCC(=O)C(CC3CCCC3)c3ccc(S(=O)(=O)NC4CCCCC4)cc3)sc2n1. The maximum Gasteiger partial charge on any atom is 0.240 e. The normalized spacial score (nSPS) is 18.0. The minimum absolute atomic E-state index is 0.00925. The molecule has 0 amide bonds. The topological polar surface area (TPSA) is 110 Å². The summed E-state index contributed by atoms with van der Waals surface area (Å²) in [7, 11) is -2.00.